The van der Waals surface area contributed by atoms with Crippen LogP contribution in [0.1, 0.15) is 11.1 Å². The summed E-state index contributed by atoms with van der Waals surface area (Å²) in [4.78, 5) is 27.8. The molecule has 1 saturated heterocycles. The van der Waals surface area contributed by atoms with Gasteiger partial charge in [0, 0.05) is 20.8 Å². The molecule has 3 nitrogen and oxygen atoms in total. The van der Waals surface area contributed by atoms with Gasteiger partial charge in [-0.3, -0.25) is 9.59 Å². The van der Waals surface area contributed by atoms with Crippen LogP contribution in [0.5, 0.6) is 0 Å². The van der Waals surface area contributed by atoms with E-state index in [1.54, 1.807) is 0 Å². The Morgan fingerprint density at radius 1 is 0.686 bits per heavy atom. The molecule has 35 heavy (non-hydrogen) atoms. The van der Waals surface area contributed by atoms with Crippen molar-refractivity contribution in [3.63, 3.8) is 0 Å². The number of hydrogen-bond acceptors (Lipinski definition) is 2. The number of benzene rings is 3. The zero-order valence-electron chi connectivity index (χ0n) is 18.1. The Morgan fingerprint density at radius 2 is 1.11 bits per heavy atom. The molecule has 174 valence electrons. The second kappa shape index (κ2) is 8.35. The number of rotatable bonds is 3. The smallest absolute Gasteiger partial charge is 0.238 e. The summed E-state index contributed by atoms with van der Waals surface area (Å²) in [5, 5.41) is 0. The molecule has 0 unspecified atom stereocenters. The number of carbonyl (C=O) groups excluding carboxylic acids is 2. The van der Waals surface area contributed by atoms with Gasteiger partial charge in [-0.2, -0.15) is 0 Å². The van der Waals surface area contributed by atoms with Crippen LogP contribution in [0.25, 0.3) is 5.57 Å². The van der Waals surface area contributed by atoms with Gasteiger partial charge in [0.25, 0.3) is 0 Å². The number of allylic oxidation sites excluding steroid dienone is 3. The van der Waals surface area contributed by atoms with Gasteiger partial charge < -0.3 is 0 Å². The molecule has 3 aliphatic rings. The number of para-hydroxylation sites is 1. The van der Waals surface area contributed by atoms with Crippen LogP contribution in [-0.4, -0.2) is 11.8 Å². The van der Waals surface area contributed by atoms with E-state index in [0.29, 0.717) is 0 Å². The first-order chi connectivity index (χ1) is 16.9. The van der Waals surface area contributed by atoms with Gasteiger partial charge in [-0.1, -0.05) is 74.3 Å². The Labute approximate surface area is 217 Å². The van der Waals surface area contributed by atoms with Gasteiger partial charge in [0.05, 0.1) is 11.8 Å². The number of hydrogen-bond donors (Lipinski definition) is 0. The van der Waals surface area contributed by atoms with Gasteiger partial charge in [0.15, 0.2) is 0 Å². The first-order valence-corrected chi connectivity index (χ1v) is 12.7. The lowest BCUT2D eigenvalue weighted by Crippen LogP contribution is -2.34. The van der Waals surface area contributed by atoms with Crippen LogP contribution in [0.4, 0.5) is 14.5 Å². The molecule has 2 aliphatic carbocycles. The van der Waals surface area contributed by atoms with Gasteiger partial charge in [-0.05, 0) is 58.7 Å². The SMILES string of the molecule is O=C1[C@@H]2[C@@H](C(=O)N1c1c(F)cccc1F)[C@@H]1C=C[C@@H]2C1=C(c1ccc(Br)cc1)c1ccc(Br)cc1. The van der Waals surface area contributed by atoms with E-state index in [1.165, 1.54) is 6.07 Å². The van der Waals surface area contributed by atoms with E-state index in [2.05, 4.69) is 31.9 Å². The third-order valence-electron chi connectivity index (χ3n) is 7.13. The zero-order chi connectivity index (χ0) is 24.4. The molecule has 3 aromatic rings. The molecule has 1 aliphatic heterocycles. The van der Waals surface area contributed by atoms with E-state index < -0.39 is 41.0 Å². The summed E-state index contributed by atoms with van der Waals surface area (Å²) in [6, 6.07) is 19.2. The minimum atomic E-state index is -0.923. The number of nitrogens with zero attached hydrogens (tertiary/aromatic N) is 1. The van der Waals surface area contributed by atoms with Crippen LogP contribution in [0.2, 0.25) is 0 Å². The molecule has 6 rings (SSSR count). The van der Waals surface area contributed by atoms with E-state index in [0.717, 1.165) is 48.3 Å². The first kappa shape index (κ1) is 22.6. The van der Waals surface area contributed by atoms with Gasteiger partial charge in [-0.25, -0.2) is 13.7 Å². The van der Waals surface area contributed by atoms with Gasteiger partial charge in [0.2, 0.25) is 11.8 Å². The number of fused-ring (bicyclic) bond motifs is 5. The van der Waals surface area contributed by atoms with Gasteiger partial charge >= 0.3 is 0 Å². The van der Waals surface area contributed by atoms with Crippen molar-refractivity contribution in [3.8, 4) is 0 Å². The summed E-state index contributed by atoms with van der Waals surface area (Å²) in [7, 11) is 0. The van der Waals surface area contributed by atoms with Crippen molar-refractivity contribution in [3.05, 3.63) is 116 Å². The lowest BCUT2D eigenvalue weighted by molar-refractivity contribution is -0.123. The van der Waals surface area contributed by atoms with Crippen LogP contribution in [0, 0.1) is 35.3 Å². The number of anilines is 1. The quantitative estimate of drug-likeness (QED) is 0.243. The largest absolute Gasteiger partial charge is 0.274 e. The molecule has 7 heteroatoms. The Hall–Kier alpha value is -2.90. The maximum Gasteiger partial charge on any atom is 0.238 e. The van der Waals surface area contributed by atoms with Crippen LogP contribution in [-0.2, 0) is 9.59 Å². The fraction of sp³-hybridized carbons (Fsp3) is 0.143. The maximum absolute atomic E-state index is 14.5. The molecule has 0 aromatic heterocycles. The monoisotopic (exact) mass is 595 g/mol. The molecule has 4 atom stereocenters. The van der Waals surface area contributed by atoms with E-state index in [9.17, 15) is 18.4 Å². The Kier molecular flexibility index (Phi) is 5.38. The lowest BCUT2D eigenvalue weighted by Gasteiger charge is -2.22. The zero-order valence-corrected chi connectivity index (χ0v) is 21.3. The van der Waals surface area contributed by atoms with Gasteiger partial charge in [-0.15, -0.1) is 0 Å². The molecular formula is C28H17Br2F2NO2. The van der Waals surface area contributed by atoms with E-state index in [4.69, 9.17) is 0 Å². The predicted octanol–water partition coefficient (Wildman–Crippen LogP) is 6.91. The molecule has 1 heterocycles. The average Bonchev–Trinajstić information content (AvgIpc) is 3.47. The fourth-order valence-electron chi connectivity index (χ4n) is 5.75. The van der Waals surface area contributed by atoms with Crippen LogP contribution in [0.3, 0.4) is 0 Å². The summed E-state index contributed by atoms with van der Waals surface area (Å²) in [5.41, 5.74) is 3.34. The highest BCUT2D eigenvalue weighted by molar-refractivity contribution is 9.10. The van der Waals surface area contributed by atoms with Crippen molar-refractivity contribution in [2.75, 3.05) is 4.90 Å². The van der Waals surface area contributed by atoms with Crippen molar-refractivity contribution in [1.82, 2.24) is 0 Å². The molecule has 2 fully saturated rings. The van der Waals surface area contributed by atoms with E-state index in [1.807, 2.05) is 60.7 Å². The molecule has 2 amide bonds. The van der Waals surface area contributed by atoms with Crippen LogP contribution >= 0.6 is 31.9 Å². The summed E-state index contributed by atoms with van der Waals surface area (Å²) in [6.07, 6.45) is 3.93. The lowest BCUT2D eigenvalue weighted by atomic mass is 9.85. The van der Waals surface area contributed by atoms with Crippen LogP contribution in [0.15, 0.2) is 93.4 Å². The third-order valence-corrected chi connectivity index (χ3v) is 8.19. The summed E-state index contributed by atoms with van der Waals surface area (Å²) >= 11 is 6.97. The van der Waals surface area contributed by atoms with Crippen molar-refractivity contribution in [1.29, 1.82) is 0 Å². The van der Waals surface area contributed by atoms with Crippen molar-refractivity contribution >= 4 is 54.9 Å². The van der Waals surface area contributed by atoms with Crippen molar-refractivity contribution in [2.24, 2.45) is 23.7 Å². The van der Waals surface area contributed by atoms with E-state index >= 15 is 0 Å². The molecule has 0 N–H and O–H groups in total. The average molecular weight is 597 g/mol. The van der Waals surface area contributed by atoms with E-state index in [-0.39, 0.29) is 11.8 Å². The topological polar surface area (TPSA) is 37.4 Å². The summed E-state index contributed by atoms with van der Waals surface area (Å²) in [6.45, 7) is 0. The summed E-state index contributed by atoms with van der Waals surface area (Å²) in [5.74, 6) is -4.98. The highest BCUT2D eigenvalue weighted by Gasteiger charge is 2.63. The first-order valence-electron chi connectivity index (χ1n) is 11.1. The number of amides is 2. The molecule has 1 saturated carbocycles. The fourth-order valence-corrected chi connectivity index (χ4v) is 6.28. The van der Waals surface area contributed by atoms with Crippen molar-refractivity contribution < 1.29 is 18.4 Å². The normalized spacial score (nSPS) is 24.5. The Morgan fingerprint density at radius 3 is 1.54 bits per heavy atom. The molecule has 0 radical (unpaired) electrons. The number of imide groups is 1. The highest BCUT2D eigenvalue weighted by atomic mass is 79.9. The number of halogens is 4. The van der Waals surface area contributed by atoms with Gasteiger partial charge in [0.1, 0.15) is 17.3 Å². The van der Waals surface area contributed by atoms with Crippen LogP contribution < -0.4 is 4.90 Å². The summed E-state index contributed by atoms with van der Waals surface area (Å²) < 4.78 is 30.9. The van der Waals surface area contributed by atoms with Crippen molar-refractivity contribution in [2.45, 2.75) is 0 Å². The highest BCUT2D eigenvalue weighted by Crippen LogP contribution is 2.59. The Bertz CT molecular complexity index is 1350. The maximum atomic E-state index is 14.5. The third kappa shape index (κ3) is 3.39. The second-order valence-electron chi connectivity index (χ2n) is 8.91. The second-order valence-corrected chi connectivity index (χ2v) is 10.7. The molecule has 2 bridgehead atoms. The minimum absolute atomic E-state index is 0.330. The molecule has 3 aromatic carbocycles. The Balaban J connectivity index is 1.50. The number of carbonyl (C=O) groups is 2. The minimum Gasteiger partial charge on any atom is -0.274 e. The molecular weight excluding hydrogens is 580 g/mol. The predicted molar refractivity (Wildman–Crippen MR) is 136 cm³/mol. The molecule has 0 spiro atoms. The standard InChI is InChI=1S/C28H17Br2F2NO2/c29-16-8-4-14(5-9-16)22(15-6-10-17(30)11-7-15)23-18-12-13-19(23)25-24(18)27(34)33(28(25)35)26-20(31)2-1-3-21(26)32/h1-13,18-19,24-25H/t18-,19-,24+,25+/m1/s1.